The smallest absolute Gasteiger partial charge is 0.251 e. The average Bonchev–Trinajstić information content (AvgIpc) is 2.59. The van der Waals surface area contributed by atoms with E-state index in [0.717, 1.165) is 10.0 Å². The van der Waals surface area contributed by atoms with E-state index in [1.165, 1.54) is 0 Å². The van der Waals surface area contributed by atoms with Crippen LogP contribution in [0.5, 0.6) is 17.2 Å². The van der Waals surface area contributed by atoms with Gasteiger partial charge >= 0.3 is 0 Å². The van der Waals surface area contributed by atoms with Gasteiger partial charge in [-0.1, -0.05) is 27.5 Å². The topological polar surface area (TPSA) is 56.8 Å². The normalized spacial score (nSPS) is 12.6. The third-order valence-corrected chi connectivity index (χ3v) is 4.31. The molecule has 5 nitrogen and oxygen atoms in total. The van der Waals surface area contributed by atoms with Crippen molar-refractivity contribution in [1.29, 1.82) is 0 Å². The Bertz CT molecular complexity index is 781. The fraction of sp³-hybridized carbons (Fsp3) is 0.235. The molecule has 7 heteroatoms. The molecule has 24 heavy (non-hydrogen) atoms. The SMILES string of the molecule is COc1ccc(Br)cc1CNC(=O)c1cc(Cl)c2c(c1)OCCO2. The fourth-order valence-corrected chi connectivity index (χ4v) is 3.08. The minimum Gasteiger partial charge on any atom is -0.496 e. The molecule has 0 saturated heterocycles. The van der Waals surface area contributed by atoms with Crippen molar-refractivity contribution in [2.75, 3.05) is 20.3 Å². The van der Waals surface area contributed by atoms with Crippen LogP contribution < -0.4 is 19.5 Å². The Kier molecular flexibility index (Phi) is 5.16. The number of nitrogens with one attached hydrogen (secondary N) is 1. The quantitative estimate of drug-likeness (QED) is 0.829. The number of carbonyl (C=O) groups is 1. The molecule has 1 aliphatic heterocycles. The first-order valence-electron chi connectivity index (χ1n) is 7.28. The van der Waals surface area contributed by atoms with Crippen LogP contribution in [0.1, 0.15) is 15.9 Å². The van der Waals surface area contributed by atoms with Gasteiger partial charge in [-0.3, -0.25) is 4.79 Å². The summed E-state index contributed by atoms with van der Waals surface area (Å²) in [6.07, 6.45) is 0. The molecule has 1 amide bonds. The lowest BCUT2D eigenvalue weighted by Crippen LogP contribution is -2.24. The summed E-state index contributed by atoms with van der Waals surface area (Å²) in [5.41, 5.74) is 1.28. The first kappa shape index (κ1) is 16.9. The number of halogens is 2. The van der Waals surface area contributed by atoms with Crippen LogP contribution in [0.15, 0.2) is 34.8 Å². The Balaban J connectivity index is 1.76. The zero-order chi connectivity index (χ0) is 17.1. The van der Waals surface area contributed by atoms with Gasteiger partial charge < -0.3 is 19.5 Å². The first-order chi connectivity index (χ1) is 11.6. The molecule has 126 valence electrons. The third-order valence-electron chi connectivity index (χ3n) is 3.54. The molecular formula is C17H15BrClNO4. The van der Waals surface area contributed by atoms with Crippen molar-refractivity contribution in [3.8, 4) is 17.2 Å². The van der Waals surface area contributed by atoms with Gasteiger partial charge in [0.1, 0.15) is 19.0 Å². The van der Waals surface area contributed by atoms with Crippen molar-refractivity contribution in [3.05, 3.63) is 51.0 Å². The maximum atomic E-state index is 12.4. The molecule has 0 fully saturated rings. The Labute approximate surface area is 153 Å². The first-order valence-corrected chi connectivity index (χ1v) is 8.45. The van der Waals surface area contributed by atoms with Crippen LogP contribution in [0.2, 0.25) is 5.02 Å². The highest BCUT2D eigenvalue weighted by Gasteiger charge is 2.19. The van der Waals surface area contributed by atoms with Gasteiger partial charge in [0.15, 0.2) is 11.5 Å². The van der Waals surface area contributed by atoms with Crippen molar-refractivity contribution in [2.45, 2.75) is 6.54 Å². The second-order valence-corrected chi connectivity index (χ2v) is 6.44. The van der Waals surface area contributed by atoms with E-state index < -0.39 is 0 Å². The average molecular weight is 413 g/mol. The Morgan fingerprint density at radius 2 is 2.08 bits per heavy atom. The van der Waals surface area contributed by atoms with Gasteiger partial charge in [-0.25, -0.2) is 0 Å². The van der Waals surface area contributed by atoms with E-state index in [1.54, 1.807) is 19.2 Å². The van der Waals surface area contributed by atoms with Crippen LogP contribution in [0, 0.1) is 0 Å². The zero-order valence-corrected chi connectivity index (χ0v) is 15.2. The number of fused-ring (bicyclic) bond motifs is 1. The van der Waals surface area contributed by atoms with E-state index >= 15 is 0 Å². The van der Waals surface area contributed by atoms with Gasteiger partial charge in [-0.15, -0.1) is 0 Å². The molecule has 2 aromatic carbocycles. The van der Waals surface area contributed by atoms with E-state index in [2.05, 4.69) is 21.2 Å². The molecule has 3 rings (SSSR count). The number of ether oxygens (including phenoxy) is 3. The van der Waals surface area contributed by atoms with Crippen molar-refractivity contribution in [1.82, 2.24) is 5.32 Å². The van der Waals surface area contributed by atoms with Crippen LogP contribution in [-0.2, 0) is 6.54 Å². The fourth-order valence-electron chi connectivity index (χ4n) is 2.40. The number of hydrogen-bond donors (Lipinski definition) is 1. The lowest BCUT2D eigenvalue weighted by molar-refractivity contribution is 0.0949. The van der Waals surface area contributed by atoms with E-state index in [0.29, 0.717) is 47.6 Å². The van der Waals surface area contributed by atoms with Crippen molar-refractivity contribution < 1.29 is 19.0 Å². The lowest BCUT2D eigenvalue weighted by atomic mass is 10.1. The number of methoxy groups -OCH3 is 1. The minimum absolute atomic E-state index is 0.254. The zero-order valence-electron chi connectivity index (χ0n) is 12.9. The lowest BCUT2D eigenvalue weighted by Gasteiger charge is -2.20. The summed E-state index contributed by atoms with van der Waals surface area (Å²) in [5, 5.41) is 3.22. The highest BCUT2D eigenvalue weighted by molar-refractivity contribution is 9.10. The number of rotatable bonds is 4. The van der Waals surface area contributed by atoms with Gasteiger partial charge in [-0.2, -0.15) is 0 Å². The number of carbonyl (C=O) groups excluding carboxylic acids is 1. The Morgan fingerprint density at radius 3 is 2.88 bits per heavy atom. The molecule has 1 heterocycles. The maximum Gasteiger partial charge on any atom is 0.251 e. The van der Waals surface area contributed by atoms with Crippen LogP contribution in [0.4, 0.5) is 0 Å². The summed E-state index contributed by atoms with van der Waals surface area (Å²) < 4.78 is 17.2. The number of amides is 1. The molecule has 1 N–H and O–H groups in total. The Morgan fingerprint density at radius 1 is 1.29 bits per heavy atom. The third kappa shape index (κ3) is 3.60. The van der Waals surface area contributed by atoms with Crippen LogP contribution >= 0.6 is 27.5 Å². The van der Waals surface area contributed by atoms with Crippen LogP contribution in [-0.4, -0.2) is 26.2 Å². The summed E-state index contributed by atoms with van der Waals surface area (Å²) in [7, 11) is 1.59. The van der Waals surface area contributed by atoms with Gasteiger partial charge in [0.2, 0.25) is 0 Å². The summed E-state index contributed by atoms with van der Waals surface area (Å²) in [6, 6.07) is 8.82. The van der Waals surface area contributed by atoms with Crippen molar-refractivity contribution >= 4 is 33.4 Å². The molecule has 0 aliphatic carbocycles. The standard InChI is InChI=1S/C17H15BrClNO4/c1-22-14-3-2-12(18)6-11(14)9-20-17(21)10-7-13(19)16-15(8-10)23-4-5-24-16/h2-3,6-8H,4-5,9H2,1H3,(H,20,21). The van der Waals surface area contributed by atoms with Gasteiger partial charge in [-0.05, 0) is 30.3 Å². The van der Waals surface area contributed by atoms with Crippen molar-refractivity contribution in [3.63, 3.8) is 0 Å². The second kappa shape index (κ2) is 7.32. The summed E-state index contributed by atoms with van der Waals surface area (Å²) in [5.74, 6) is 1.42. The number of benzene rings is 2. The van der Waals surface area contributed by atoms with Crippen LogP contribution in [0.25, 0.3) is 0 Å². The van der Waals surface area contributed by atoms with E-state index in [9.17, 15) is 4.79 Å². The molecule has 0 atom stereocenters. The highest BCUT2D eigenvalue weighted by atomic mass is 79.9. The highest BCUT2D eigenvalue weighted by Crippen LogP contribution is 2.38. The van der Waals surface area contributed by atoms with E-state index in [1.807, 2.05) is 18.2 Å². The molecule has 0 unspecified atom stereocenters. The molecule has 0 radical (unpaired) electrons. The number of hydrogen-bond acceptors (Lipinski definition) is 4. The maximum absolute atomic E-state index is 12.4. The predicted molar refractivity (Wildman–Crippen MR) is 94.3 cm³/mol. The Hall–Kier alpha value is -1.92. The summed E-state index contributed by atoms with van der Waals surface area (Å²) >= 11 is 9.58. The van der Waals surface area contributed by atoms with Crippen LogP contribution in [0.3, 0.4) is 0 Å². The summed E-state index contributed by atoms with van der Waals surface area (Å²) in [6.45, 7) is 1.21. The minimum atomic E-state index is -0.254. The van der Waals surface area contributed by atoms with E-state index in [4.69, 9.17) is 25.8 Å². The monoisotopic (exact) mass is 411 g/mol. The molecule has 0 bridgehead atoms. The van der Waals surface area contributed by atoms with Gasteiger partial charge in [0.05, 0.1) is 12.1 Å². The largest absolute Gasteiger partial charge is 0.496 e. The van der Waals surface area contributed by atoms with Crippen molar-refractivity contribution in [2.24, 2.45) is 0 Å². The van der Waals surface area contributed by atoms with Gasteiger partial charge in [0, 0.05) is 22.1 Å². The second-order valence-electron chi connectivity index (χ2n) is 5.12. The molecule has 1 aliphatic rings. The van der Waals surface area contributed by atoms with E-state index in [-0.39, 0.29) is 5.91 Å². The van der Waals surface area contributed by atoms with Gasteiger partial charge in [0.25, 0.3) is 5.91 Å². The molecule has 0 aromatic heterocycles. The molecule has 0 spiro atoms. The summed E-state index contributed by atoms with van der Waals surface area (Å²) in [4.78, 5) is 12.4. The molecule has 0 saturated carbocycles. The molecule has 2 aromatic rings. The molecular weight excluding hydrogens is 398 g/mol. The predicted octanol–water partition coefficient (Wildman–Crippen LogP) is 3.81.